The number of hydrogen-bond acceptors (Lipinski definition) is 7. The Hall–Kier alpha value is -2.96. The molecule has 0 N–H and O–H groups in total. The van der Waals surface area contributed by atoms with E-state index in [0.29, 0.717) is 43.2 Å². The summed E-state index contributed by atoms with van der Waals surface area (Å²) in [6, 6.07) is 9.18. The van der Waals surface area contributed by atoms with Crippen LogP contribution in [-0.2, 0) is 4.74 Å². The zero-order valence-corrected chi connectivity index (χ0v) is 16.1. The molecule has 7 heteroatoms. The second kappa shape index (κ2) is 7.22. The molecule has 0 atom stereocenters. The number of Topliss-reactive ketones (excluding diaryl/α,β-unsaturated/α-hetero) is 1. The van der Waals surface area contributed by atoms with Gasteiger partial charge in [-0.1, -0.05) is 11.6 Å². The van der Waals surface area contributed by atoms with Crippen LogP contribution in [0.15, 0.2) is 30.3 Å². The fourth-order valence-corrected chi connectivity index (χ4v) is 3.84. The Bertz CT molecular complexity index is 902. The summed E-state index contributed by atoms with van der Waals surface area (Å²) in [5.74, 6) is 1.08. The van der Waals surface area contributed by atoms with Gasteiger partial charge in [-0.3, -0.25) is 4.79 Å². The van der Waals surface area contributed by atoms with Crippen molar-refractivity contribution in [1.82, 2.24) is 10.2 Å². The van der Waals surface area contributed by atoms with Gasteiger partial charge in [0.25, 0.3) is 0 Å². The van der Waals surface area contributed by atoms with Crippen molar-refractivity contribution in [3.05, 3.63) is 47.2 Å². The van der Waals surface area contributed by atoms with E-state index in [-0.39, 0.29) is 11.5 Å². The second-order valence-electron chi connectivity index (χ2n) is 7.37. The standard InChI is InChI=1S/C21H23N3O4/c1-3-27-20(26)16-5-7-19(23-22-16)24-10-8-21(9-11-24)13-17(25)15-12-14(2)4-6-18(15)28-21/h4-7,12H,3,8-11,13H2,1-2H3. The van der Waals surface area contributed by atoms with Crippen LogP contribution in [0.1, 0.15) is 52.6 Å². The molecular weight excluding hydrogens is 358 g/mol. The number of ether oxygens (including phenoxy) is 2. The quantitative estimate of drug-likeness (QED) is 0.756. The minimum Gasteiger partial charge on any atom is -0.486 e. The molecule has 0 radical (unpaired) electrons. The van der Waals surface area contributed by atoms with E-state index in [9.17, 15) is 9.59 Å². The molecule has 2 aliphatic heterocycles. The van der Waals surface area contributed by atoms with E-state index >= 15 is 0 Å². The van der Waals surface area contributed by atoms with Gasteiger partial charge >= 0.3 is 5.97 Å². The van der Waals surface area contributed by atoms with Crippen LogP contribution in [0.3, 0.4) is 0 Å². The number of rotatable bonds is 3. The molecule has 7 nitrogen and oxygen atoms in total. The van der Waals surface area contributed by atoms with Crippen LogP contribution in [0.25, 0.3) is 0 Å². The molecule has 1 aromatic heterocycles. The van der Waals surface area contributed by atoms with Crippen LogP contribution in [0, 0.1) is 6.92 Å². The molecule has 1 spiro atoms. The Labute approximate surface area is 163 Å². The van der Waals surface area contributed by atoms with E-state index in [0.717, 1.165) is 18.4 Å². The zero-order chi connectivity index (χ0) is 19.7. The molecule has 1 aromatic carbocycles. The number of carbonyl (C=O) groups is 2. The number of aryl methyl sites for hydroxylation is 1. The van der Waals surface area contributed by atoms with Crippen molar-refractivity contribution >= 4 is 17.6 Å². The maximum Gasteiger partial charge on any atom is 0.358 e. The maximum absolute atomic E-state index is 12.7. The number of aromatic nitrogens is 2. The highest BCUT2D eigenvalue weighted by atomic mass is 16.5. The van der Waals surface area contributed by atoms with Crippen LogP contribution < -0.4 is 9.64 Å². The average Bonchev–Trinajstić information content (AvgIpc) is 2.70. The van der Waals surface area contributed by atoms with Gasteiger partial charge in [-0.25, -0.2) is 4.79 Å². The molecule has 0 aliphatic carbocycles. The summed E-state index contributed by atoms with van der Waals surface area (Å²) in [5, 5.41) is 8.14. The van der Waals surface area contributed by atoms with Crippen molar-refractivity contribution in [2.45, 2.75) is 38.7 Å². The van der Waals surface area contributed by atoms with E-state index in [1.165, 1.54) is 0 Å². The van der Waals surface area contributed by atoms with Gasteiger partial charge in [0.2, 0.25) is 0 Å². The molecule has 0 amide bonds. The topological polar surface area (TPSA) is 81.6 Å². The fourth-order valence-electron chi connectivity index (χ4n) is 3.84. The number of ketones is 1. The van der Waals surface area contributed by atoms with Crippen molar-refractivity contribution in [3.63, 3.8) is 0 Å². The first-order valence-corrected chi connectivity index (χ1v) is 9.58. The molecular formula is C21H23N3O4. The lowest BCUT2D eigenvalue weighted by Crippen LogP contribution is -2.51. The van der Waals surface area contributed by atoms with Crippen LogP contribution in [0.5, 0.6) is 5.75 Å². The molecule has 4 rings (SSSR count). The van der Waals surface area contributed by atoms with Gasteiger partial charge < -0.3 is 14.4 Å². The van der Waals surface area contributed by atoms with Crippen LogP contribution in [-0.4, -0.2) is 47.2 Å². The third kappa shape index (κ3) is 3.44. The lowest BCUT2D eigenvalue weighted by Gasteiger charge is -2.44. The Kier molecular flexibility index (Phi) is 4.75. The van der Waals surface area contributed by atoms with Crippen molar-refractivity contribution in [2.75, 3.05) is 24.6 Å². The number of benzene rings is 1. The minimum atomic E-state index is -0.470. The normalized spacial score (nSPS) is 17.8. The van der Waals surface area contributed by atoms with Gasteiger partial charge in [-0.05, 0) is 38.1 Å². The summed E-state index contributed by atoms with van der Waals surface area (Å²) in [5.41, 5.74) is 1.50. The van der Waals surface area contributed by atoms with Gasteiger partial charge in [0.05, 0.1) is 18.6 Å². The number of esters is 1. The van der Waals surface area contributed by atoms with Crippen molar-refractivity contribution in [2.24, 2.45) is 0 Å². The molecule has 0 saturated carbocycles. The third-order valence-electron chi connectivity index (χ3n) is 5.38. The lowest BCUT2D eigenvalue weighted by atomic mass is 9.82. The van der Waals surface area contributed by atoms with Crippen LogP contribution in [0.4, 0.5) is 5.82 Å². The van der Waals surface area contributed by atoms with Gasteiger partial charge in [0.1, 0.15) is 11.4 Å². The zero-order valence-electron chi connectivity index (χ0n) is 16.1. The van der Waals surface area contributed by atoms with Crippen LogP contribution >= 0.6 is 0 Å². The molecule has 28 heavy (non-hydrogen) atoms. The summed E-state index contributed by atoms with van der Waals surface area (Å²) in [7, 11) is 0. The molecule has 0 bridgehead atoms. The van der Waals surface area contributed by atoms with E-state index in [4.69, 9.17) is 9.47 Å². The maximum atomic E-state index is 12.7. The summed E-state index contributed by atoms with van der Waals surface area (Å²) in [6.45, 7) is 5.45. The highest BCUT2D eigenvalue weighted by Gasteiger charge is 2.43. The van der Waals surface area contributed by atoms with E-state index in [2.05, 4.69) is 15.1 Å². The van der Waals surface area contributed by atoms with Gasteiger partial charge in [0, 0.05) is 25.9 Å². The number of hydrogen-bond donors (Lipinski definition) is 0. The fraction of sp³-hybridized carbons (Fsp3) is 0.429. The van der Waals surface area contributed by atoms with Gasteiger partial charge in [-0.15, -0.1) is 10.2 Å². The molecule has 3 heterocycles. The van der Waals surface area contributed by atoms with E-state index in [1.54, 1.807) is 19.1 Å². The Balaban J connectivity index is 1.44. The Morgan fingerprint density at radius 2 is 2.00 bits per heavy atom. The molecule has 1 saturated heterocycles. The van der Waals surface area contributed by atoms with Crippen LogP contribution in [0.2, 0.25) is 0 Å². The summed E-state index contributed by atoms with van der Waals surface area (Å²) < 4.78 is 11.2. The average molecular weight is 381 g/mol. The first kappa shape index (κ1) is 18.4. The Morgan fingerprint density at radius 1 is 1.21 bits per heavy atom. The lowest BCUT2D eigenvalue weighted by molar-refractivity contribution is 0.0230. The number of piperidine rings is 1. The predicted molar refractivity (Wildman–Crippen MR) is 103 cm³/mol. The summed E-state index contributed by atoms with van der Waals surface area (Å²) in [4.78, 5) is 26.5. The number of fused-ring (bicyclic) bond motifs is 1. The van der Waals surface area contributed by atoms with E-state index < -0.39 is 11.6 Å². The minimum absolute atomic E-state index is 0.150. The number of anilines is 1. The molecule has 1 fully saturated rings. The van der Waals surface area contributed by atoms with Gasteiger partial charge in [0.15, 0.2) is 17.3 Å². The summed E-state index contributed by atoms with van der Waals surface area (Å²) >= 11 is 0. The van der Waals surface area contributed by atoms with Crippen molar-refractivity contribution < 1.29 is 19.1 Å². The SMILES string of the molecule is CCOC(=O)c1ccc(N2CCC3(CC2)CC(=O)c2cc(C)ccc2O3)nn1. The first-order valence-electron chi connectivity index (χ1n) is 9.58. The highest BCUT2D eigenvalue weighted by Crippen LogP contribution is 2.40. The second-order valence-corrected chi connectivity index (χ2v) is 7.37. The molecule has 2 aliphatic rings. The highest BCUT2D eigenvalue weighted by molar-refractivity contribution is 6.00. The largest absolute Gasteiger partial charge is 0.486 e. The Morgan fingerprint density at radius 3 is 2.68 bits per heavy atom. The van der Waals surface area contributed by atoms with Gasteiger partial charge in [-0.2, -0.15) is 0 Å². The smallest absolute Gasteiger partial charge is 0.358 e. The molecule has 2 aromatic rings. The van der Waals surface area contributed by atoms with E-state index in [1.807, 2.05) is 25.1 Å². The predicted octanol–water partition coefficient (Wildman–Crippen LogP) is 2.97. The number of nitrogens with zero attached hydrogens (tertiary/aromatic N) is 3. The number of carbonyl (C=O) groups excluding carboxylic acids is 2. The third-order valence-corrected chi connectivity index (χ3v) is 5.38. The molecule has 0 unspecified atom stereocenters. The van der Waals surface area contributed by atoms with Crippen molar-refractivity contribution in [3.8, 4) is 5.75 Å². The van der Waals surface area contributed by atoms with Crippen molar-refractivity contribution in [1.29, 1.82) is 0 Å². The molecule has 146 valence electrons. The summed E-state index contributed by atoms with van der Waals surface area (Å²) in [6.07, 6.45) is 1.87. The first-order chi connectivity index (χ1) is 13.5. The monoisotopic (exact) mass is 381 g/mol.